The molecule has 0 spiro atoms. The molecule has 104 valence electrons. The van der Waals surface area contributed by atoms with Gasteiger partial charge in [-0.05, 0) is 54.7 Å². The van der Waals surface area contributed by atoms with E-state index < -0.39 is 10.0 Å². The van der Waals surface area contributed by atoms with E-state index >= 15 is 0 Å². The number of nitrogens with one attached hydrogen (secondary N) is 1. The van der Waals surface area contributed by atoms with Gasteiger partial charge in [0.1, 0.15) is 0 Å². The van der Waals surface area contributed by atoms with Crippen LogP contribution in [0.15, 0.2) is 29.2 Å². The molecule has 1 aromatic rings. The number of sulfonamides is 1. The topological polar surface area (TPSA) is 72.2 Å². The Balaban J connectivity index is 1.71. The highest BCUT2D eigenvalue weighted by Gasteiger charge is 2.53. The molecule has 0 atom stereocenters. The van der Waals surface area contributed by atoms with Crippen molar-refractivity contribution in [3.05, 3.63) is 29.8 Å². The summed E-state index contributed by atoms with van der Waals surface area (Å²) in [7, 11) is -3.40. The monoisotopic (exact) mass is 280 g/mol. The highest BCUT2D eigenvalue weighted by Crippen LogP contribution is 2.60. The van der Waals surface area contributed by atoms with Gasteiger partial charge in [0.2, 0.25) is 10.0 Å². The van der Waals surface area contributed by atoms with Crippen molar-refractivity contribution in [3.63, 3.8) is 0 Å². The Morgan fingerprint density at radius 2 is 2.05 bits per heavy atom. The third-order valence-electron chi connectivity index (χ3n) is 4.39. The molecule has 0 bridgehead atoms. The number of benzene rings is 1. The van der Waals surface area contributed by atoms with E-state index in [1.807, 2.05) is 6.07 Å². The van der Waals surface area contributed by atoms with Crippen LogP contribution >= 0.6 is 0 Å². The Hall–Kier alpha value is -0.910. The number of nitrogens with two attached hydrogens (primary N) is 1. The van der Waals surface area contributed by atoms with E-state index in [4.69, 9.17) is 5.73 Å². The highest BCUT2D eigenvalue weighted by atomic mass is 32.2. The van der Waals surface area contributed by atoms with Gasteiger partial charge in [0, 0.05) is 13.1 Å². The molecule has 2 aliphatic rings. The smallest absolute Gasteiger partial charge is 0.240 e. The maximum atomic E-state index is 12.3. The summed E-state index contributed by atoms with van der Waals surface area (Å²) in [6, 6.07) is 6.85. The lowest BCUT2D eigenvalue weighted by molar-refractivity contribution is 0.432. The molecule has 0 radical (unpaired) electrons. The molecule has 4 nitrogen and oxygen atoms in total. The Kier molecular flexibility index (Phi) is 3.15. The number of hydrogen-bond acceptors (Lipinski definition) is 3. The maximum absolute atomic E-state index is 12.3. The molecule has 2 saturated carbocycles. The molecule has 5 heteroatoms. The maximum Gasteiger partial charge on any atom is 0.240 e. The van der Waals surface area contributed by atoms with Crippen LogP contribution in [0.25, 0.3) is 0 Å². The van der Waals surface area contributed by atoms with Gasteiger partial charge in [-0.3, -0.25) is 0 Å². The molecule has 2 fully saturated rings. The second kappa shape index (κ2) is 4.58. The van der Waals surface area contributed by atoms with Crippen molar-refractivity contribution in [2.45, 2.75) is 37.1 Å². The van der Waals surface area contributed by atoms with E-state index in [0.717, 1.165) is 11.5 Å². The predicted molar refractivity (Wildman–Crippen MR) is 73.9 cm³/mol. The lowest BCUT2D eigenvalue weighted by Crippen LogP contribution is -2.31. The Morgan fingerprint density at radius 3 is 2.63 bits per heavy atom. The largest absolute Gasteiger partial charge is 0.326 e. The van der Waals surface area contributed by atoms with Gasteiger partial charge in [-0.15, -0.1) is 0 Å². The van der Waals surface area contributed by atoms with Gasteiger partial charge < -0.3 is 5.73 Å². The molecule has 0 saturated heterocycles. The van der Waals surface area contributed by atoms with E-state index in [9.17, 15) is 8.42 Å². The molecule has 0 aliphatic heterocycles. The van der Waals surface area contributed by atoms with Gasteiger partial charge in [-0.25, -0.2) is 13.1 Å². The van der Waals surface area contributed by atoms with Crippen molar-refractivity contribution in [2.24, 2.45) is 17.1 Å². The van der Waals surface area contributed by atoms with Gasteiger partial charge in [0.25, 0.3) is 0 Å². The van der Waals surface area contributed by atoms with E-state index in [0.29, 0.717) is 18.0 Å². The first-order valence-electron chi connectivity index (χ1n) is 6.84. The summed E-state index contributed by atoms with van der Waals surface area (Å²) in [5, 5.41) is 0. The second-order valence-electron chi connectivity index (χ2n) is 5.81. The van der Waals surface area contributed by atoms with Crippen molar-refractivity contribution in [3.8, 4) is 0 Å². The van der Waals surface area contributed by atoms with Gasteiger partial charge in [-0.1, -0.05) is 12.1 Å². The number of rotatable bonds is 6. The molecule has 3 N–H and O–H groups in total. The zero-order valence-corrected chi connectivity index (χ0v) is 11.7. The van der Waals surface area contributed by atoms with E-state index in [2.05, 4.69) is 4.72 Å². The second-order valence-corrected chi connectivity index (χ2v) is 7.58. The lowest BCUT2D eigenvalue weighted by atomic mass is 10.0. The molecule has 0 unspecified atom stereocenters. The molecular formula is C14H20N2O2S. The minimum Gasteiger partial charge on any atom is -0.326 e. The normalized spacial score (nSPS) is 21.3. The molecule has 0 heterocycles. The summed E-state index contributed by atoms with van der Waals surface area (Å²) in [6.45, 7) is 0.947. The van der Waals surface area contributed by atoms with Crippen LogP contribution in [0.2, 0.25) is 0 Å². The molecule has 1 aromatic carbocycles. The zero-order chi connectivity index (χ0) is 13.5. The molecule has 0 amide bonds. The fourth-order valence-corrected chi connectivity index (χ4v) is 3.96. The van der Waals surface area contributed by atoms with Crippen LogP contribution in [-0.4, -0.2) is 15.0 Å². The zero-order valence-electron chi connectivity index (χ0n) is 10.9. The van der Waals surface area contributed by atoms with E-state index in [1.54, 1.807) is 18.2 Å². The summed E-state index contributed by atoms with van der Waals surface area (Å²) in [4.78, 5) is 0.321. The minimum absolute atomic E-state index is 0.276. The first-order chi connectivity index (χ1) is 9.06. The minimum atomic E-state index is -3.40. The average molecular weight is 280 g/mol. The van der Waals surface area contributed by atoms with Crippen LogP contribution in [0.3, 0.4) is 0 Å². The highest BCUT2D eigenvalue weighted by molar-refractivity contribution is 7.89. The van der Waals surface area contributed by atoms with Crippen LogP contribution in [0.1, 0.15) is 31.2 Å². The van der Waals surface area contributed by atoms with Crippen LogP contribution < -0.4 is 10.5 Å². The van der Waals surface area contributed by atoms with Gasteiger partial charge in [0.05, 0.1) is 4.90 Å². The molecule has 0 aromatic heterocycles. The van der Waals surface area contributed by atoms with E-state index in [1.165, 1.54) is 25.7 Å². The third kappa shape index (κ3) is 2.68. The van der Waals surface area contributed by atoms with Crippen molar-refractivity contribution in [1.82, 2.24) is 4.72 Å². The predicted octanol–water partition coefficient (Wildman–Crippen LogP) is 1.61. The summed E-state index contributed by atoms with van der Waals surface area (Å²) >= 11 is 0. The number of hydrogen-bond donors (Lipinski definition) is 2. The van der Waals surface area contributed by atoms with Gasteiger partial charge in [-0.2, -0.15) is 0 Å². The van der Waals surface area contributed by atoms with Gasteiger partial charge in [0.15, 0.2) is 0 Å². The van der Waals surface area contributed by atoms with E-state index in [-0.39, 0.29) is 5.41 Å². The SMILES string of the molecule is NCc1cccc(S(=O)(=O)NCC2(C3CC3)CC2)c1. The van der Waals surface area contributed by atoms with Crippen molar-refractivity contribution in [2.75, 3.05) is 6.54 Å². The Morgan fingerprint density at radius 1 is 1.32 bits per heavy atom. The standard InChI is InChI=1S/C14H20N2O2S/c15-9-11-2-1-3-13(8-11)19(17,18)16-10-14(6-7-14)12-4-5-12/h1-3,8,12,16H,4-7,9-10,15H2. The third-order valence-corrected chi connectivity index (χ3v) is 5.79. The molecular weight excluding hydrogens is 260 g/mol. The van der Waals surface area contributed by atoms with Crippen molar-refractivity contribution >= 4 is 10.0 Å². The summed E-state index contributed by atoms with van der Waals surface area (Å²) in [6.07, 6.45) is 4.88. The van der Waals surface area contributed by atoms with Crippen LogP contribution in [0, 0.1) is 11.3 Å². The quantitative estimate of drug-likeness (QED) is 0.831. The molecule has 3 rings (SSSR count). The van der Waals surface area contributed by atoms with Crippen LogP contribution in [0.4, 0.5) is 0 Å². The Labute approximate surface area is 114 Å². The molecule has 19 heavy (non-hydrogen) atoms. The first kappa shape index (κ1) is 13.1. The summed E-state index contributed by atoms with van der Waals surface area (Å²) < 4.78 is 27.3. The Bertz CT molecular complexity index is 575. The fourth-order valence-electron chi connectivity index (χ4n) is 2.75. The van der Waals surface area contributed by atoms with Crippen molar-refractivity contribution in [1.29, 1.82) is 0 Å². The average Bonchev–Trinajstić information content (AvgIpc) is 3.29. The first-order valence-corrected chi connectivity index (χ1v) is 8.33. The van der Waals surface area contributed by atoms with Crippen LogP contribution in [0.5, 0.6) is 0 Å². The molecule has 2 aliphatic carbocycles. The van der Waals surface area contributed by atoms with Gasteiger partial charge >= 0.3 is 0 Å². The lowest BCUT2D eigenvalue weighted by Gasteiger charge is -2.15. The van der Waals surface area contributed by atoms with Crippen molar-refractivity contribution < 1.29 is 8.42 Å². The summed E-state index contributed by atoms with van der Waals surface area (Å²) in [5.74, 6) is 0.755. The fraction of sp³-hybridized carbons (Fsp3) is 0.571. The van der Waals surface area contributed by atoms with Crippen LogP contribution in [-0.2, 0) is 16.6 Å². The summed E-state index contributed by atoms with van der Waals surface area (Å²) in [5.41, 5.74) is 6.66.